The summed E-state index contributed by atoms with van der Waals surface area (Å²) in [5.74, 6) is 1.76. The first-order valence-corrected chi connectivity index (χ1v) is 6.75. The Bertz CT molecular complexity index is 749. The SMILES string of the molecule is COc1ccc2c(c1)nc(-c1ccccc1Br)n2C. The monoisotopic (exact) mass is 316 g/mol. The summed E-state index contributed by atoms with van der Waals surface area (Å²) >= 11 is 3.57. The van der Waals surface area contributed by atoms with Gasteiger partial charge in [-0.15, -0.1) is 0 Å². The number of fused-ring (bicyclic) bond motifs is 1. The minimum absolute atomic E-state index is 0.823. The van der Waals surface area contributed by atoms with Crippen molar-refractivity contribution in [2.45, 2.75) is 0 Å². The molecule has 0 bridgehead atoms. The average Bonchev–Trinajstić information content (AvgIpc) is 2.76. The molecule has 0 aliphatic carbocycles. The zero-order chi connectivity index (χ0) is 13.4. The Morgan fingerprint density at radius 2 is 1.95 bits per heavy atom. The molecule has 3 nitrogen and oxygen atoms in total. The Morgan fingerprint density at radius 1 is 1.16 bits per heavy atom. The smallest absolute Gasteiger partial charge is 0.142 e. The van der Waals surface area contributed by atoms with Crippen LogP contribution in [0.2, 0.25) is 0 Å². The predicted molar refractivity (Wildman–Crippen MR) is 80.4 cm³/mol. The lowest BCUT2D eigenvalue weighted by molar-refractivity contribution is 0.415. The van der Waals surface area contributed by atoms with Gasteiger partial charge in [0.1, 0.15) is 11.6 Å². The Hall–Kier alpha value is -1.81. The first-order chi connectivity index (χ1) is 9.20. The van der Waals surface area contributed by atoms with Gasteiger partial charge in [-0.3, -0.25) is 0 Å². The number of halogens is 1. The number of hydrogen-bond donors (Lipinski definition) is 0. The molecule has 96 valence electrons. The maximum Gasteiger partial charge on any atom is 0.142 e. The summed E-state index contributed by atoms with van der Waals surface area (Å²) in [6, 6.07) is 14.0. The largest absolute Gasteiger partial charge is 0.497 e. The van der Waals surface area contributed by atoms with E-state index in [1.165, 1.54) is 0 Å². The van der Waals surface area contributed by atoms with Crippen molar-refractivity contribution in [3.63, 3.8) is 0 Å². The van der Waals surface area contributed by atoms with Crippen molar-refractivity contribution >= 4 is 27.0 Å². The number of aryl methyl sites for hydroxylation is 1. The van der Waals surface area contributed by atoms with E-state index < -0.39 is 0 Å². The molecule has 0 unspecified atom stereocenters. The normalized spacial score (nSPS) is 10.9. The van der Waals surface area contributed by atoms with Crippen LogP contribution in [0, 0.1) is 0 Å². The molecule has 1 heterocycles. The fraction of sp³-hybridized carbons (Fsp3) is 0.133. The first-order valence-electron chi connectivity index (χ1n) is 5.96. The molecule has 0 aliphatic rings. The van der Waals surface area contributed by atoms with Crippen molar-refractivity contribution in [3.05, 3.63) is 46.9 Å². The van der Waals surface area contributed by atoms with Crippen LogP contribution in [0.15, 0.2) is 46.9 Å². The molecular weight excluding hydrogens is 304 g/mol. The van der Waals surface area contributed by atoms with E-state index >= 15 is 0 Å². The van der Waals surface area contributed by atoms with Gasteiger partial charge < -0.3 is 9.30 Å². The van der Waals surface area contributed by atoms with Gasteiger partial charge in [0.2, 0.25) is 0 Å². The lowest BCUT2D eigenvalue weighted by Crippen LogP contribution is -1.92. The molecule has 0 amide bonds. The molecule has 19 heavy (non-hydrogen) atoms. The van der Waals surface area contributed by atoms with E-state index in [9.17, 15) is 0 Å². The van der Waals surface area contributed by atoms with Crippen LogP contribution in [0.3, 0.4) is 0 Å². The molecule has 4 heteroatoms. The van der Waals surface area contributed by atoms with Crippen LogP contribution in [0.25, 0.3) is 22.4 Å². The van der Waals surface area contributed by atoms with Crippen LogP contribution in [-0.2, 0) is 7.05 Å². The van der Waals surface area contributed by atoms with E-state index in [-0.39, 0.29) is 0 Å². The maximum absolute atomic E-state index is 5.24. The van der Waals surface area contributed by atoms with Gasteiger partial charge >= 0.3 is 0 Å². The lowest BCUT2D eigenvalue weighted by atomic mass is 10.2. The predicted octanol–water partition coefficient (Wildman–Crippen LogP) is 4.01. The first kappa shape index (κ1) is 12.2. The van der Waals surface area contributed by atoms with Gasteiger partial charge in [-0.25, -0.2) is 4.98 Å². The highest BCUT2D eigenvalue weighted by Gasteiger charge is 2.12. The van der Waals surface area contributed by atoms with Crippen LogP contribution in [0.5, 0.6) is 5.75 Å². The van der Waals surface area contributed by atoms with E-state index in [2.05, 4.69) is 26.6 Å². The van der Waals surface area contributed by atoms with E-state index in [4.69, 9.17) is 9.72 Å². The number of imidazole rings is 1. The number of methoxy groups -OCH3 is 1. The van der Waals surface area contributed by atoms with Crippen LogP contribution in [-0.4, -0.2) is 16.7 Å². The van der Waals surface area contributed by atoms with Crippen molar-refractivity contribution in [1.29, 1.82) is 0 Å². The molecule has 0 aliphatic heterocycles. The summed E-state index contributed by atoms with van der Waals surface area (Å²) in [5.41, 5.74) is 3.11. The molecule has 1 aromatic heterocycles. The van der Waals surface area contributed by atoms with Crippen LogP contribution in [0.4, 0.5) is 0 Å². The fourth-order valence-corrected chi connectivity index (χ4v) is 2.65. The number of benzene rings is 2. The fourth-order valence-electron chi connectivity index (χ4n) is 2.19. The topological polar surface area (TPSA) is 27.1 Å². The van der Waals surface area contributed by atoms with Crippen LogP contribution >= 0.6 is 15.9 Å². The molecule has 0 radical (unpaired) electrons. The average molecular weight is 317 g/mol. The maximum atomic E-state index is 5.24. The van der Waals surface area contributed by atoms with Crippen LogP contribution in [0.1, 0.15) is 0 Å². The second kappa shape index (κ2) is 4.70. The van der Waals surface area contributed by atoms with Gasteiger partial charge in [-0.1, -0.05) is 34.1 Å². The van der Waals surface area contributed by atoms with Crippen LogP contribution < -0.4 is 4.74 Å². The van der Waals surface area contributed by atoms with E-state index in [1.54, 1.807) is 7.11 Å². The van der Waals surface area contributed by atoms with Gasteiger partial charge in [-0.05, 0) is 18.2 Å². The summed E-state index contributed by atoms with van der Waals surface area (Å²) in [7, 11) is 3.69. The van der Waals surface area contributed by atoms with Crippen molar-refractivity contribution in [3.8, 4) is 17.1 Å². The van der Waals surface area contributed by atoms with Gasteiger partial charge in [0.05, 0.1) is 18.1 Å². The van der Waals surface area contributed by atoms with Gasteiger partial charge in [0.25, 0.3) is 0 Å². The number of ether oxygens (including phenoxy) is 1. The number of hydrogen-bond acceptors (Lipinski definition) is 2. The van der Waals surface area contributed by atoms with Crippen molar-refractivity contribution in [1.82, 2.24) is 9.55 Å². The van der Waals surface area contributed by atoms with Gasteiger partial charge in [0.15, 0.2) is 0 Å². The molecule has 0 saturated heterocycles. The number of aromatic nitrogens is 2. The third kappa shape index (κ3) is 2.02. The molecule has 0 saturated carbocycles. The summed E-state index contributed by atoms with van der Waals surface area (Å²) in [4.78, 5) is 4.70. The van der Waals surface area contributed by atoms with Gasteiger partial charge in [0, 0.05) is 23.2 Å². The zero-order valence-corrected chi connectivity index (χ0v) is 12.3. The van der Waals surface area contributed by atoms with E-state index in [0.29, 0.717) is 0 Å². The zero-order valence-electron chi connectivity index (χ0n) is 10.7. The summed E-state index contributed by atoms with van der Waals surface area (Å²) < 4.78 is 8.38. The van der Waals surface area contributed by atoms with Crippen molar-refractivity contribution in [2.75, 3.05) is 7.11 Å². The third-order valence-corrected chi connectivity index (χ3v) is 3.89. The number of nitrogens with zero attached hydrogens (tertiary/aromatic N) is 2. The molecule has 0 atom stereocenters. The second-order valence-electron chi connectivity index (χ2n) is 4.33. The summed E-state index contributed by atoms with van der Waals surface area (Å²) in [6.45, 7) is 0. The molecule has 0 fully saturated rings. The number of rotatable bonds is 2. The molecular formula is C15H13BrN2O. The molecule has 0 N–H and O–H groups in total. The third-order valence-electron chi connectivity index (χ3n) is 3.20. The Kier molecular flexibility index (Phi) is 3.03. The summed E-state index contributed by atoms with van der Waals surface area (Å²) in [5, 5.41) is 0. The summed E-state index contributed by atoms with van der Waals surface area (Å²) in [6.07, 6.45) is 0. The molecule has 3 aromatic rings. The van der Waals surface area contributed by atoms with Crippen molar-refractivity contribution in [2.24, 2.45) is 7.05 Å². The van der Waals surface area contributed by atoms with Crippen molar-refractivity contribution < 1.29 is 4.74 Å². The molecule has 3 rings (SSSR count). The quantitative estimate of drug-likeness (QED) is 0.714. The Labute approximate surface area is 120 Å². The Balaban J connectivity index is 2.25. The van der Waals surface area contributed by atoms with E-state index in [1.807, 2.05) is 43.4 Å². The van der Waals surface area contributed by atoms with Gasteiger partial charge in [-0.2, -0.15) is 0 Å². The standard InChI is InChI=1S/C15H13BrN2O/c1-18-14-8-7-10(19-2)9-13(14)17-15(18)11-5-3-4-6-12(11)16/h3-9H,1-2H3. The van der Waals surface area contributed by atoms with E-state index in [0.717, 1.165) is 32.6 Å². The second-order valence-corrected chi connectivity index (χ2v) is 5.18. The highest BCUT2D eigenvalue weighted by molar-refractivity contribution is 9.10. The minimum atomic E-state index is 0.823. The molecule has 0 spiro atoms. The minimum Gasteiger partial charge on any atom is -0.497 e. The highest BCUT2D eigenvalue weighted by Crippen LogP contribution is 2.30. The lowest BCUT2D eigenvalue weighted by Gasteiger charge is -2.04. The Morgan fingerprint density at radius 3 is 2.68 bits per heavy atom. The highest BCUT2D eigenvalue weighted by atomic mass is 79.9. The molecule has 2 aromatic carbocycles.